The monoisotopic (exact) mass is 358 g/mol. The third-order valence-corrected chi connectivity index (χ3v) is 4.64. The van der Waals surface area contributed by atoms with Gasteiger partial charge in [0.15, 0.2) is 0 Å². The molecule has 0 fully saturated rings. The van der Waals surface area contributed by atoms with E-state index in [4.69, 9.17) is 0 Å². The summed E-state index contributed by atoms with van der Waals surface area (Å²) in [4.78, 5) is 24.3. The van der Waals surface area contributed by atoms with Crippen molar-refractivity contribution < 1.29 is 18.4 Å². The molecule has 2 amide bonds. The smallest absolute Gasteiger partial charge is 0.227 e. The summed E-state index contributed by atoms with van der Waals surface area (Å²) in [5.74, 6) is -1.98. The van der Waals surface area contributed by atoms with Crippen molar-refractivity contribution in [2.45, 2.75) is 32.2 Å². The van der Waals surface area contributed by atoms with Crippen LogP contribution in [0.25, 0.3) is 0 Å². The second kappa shape index (κ2) is 7.64. The summed E-state index contributed by atoms with van der Waals surface area (Å²) >= 11 is 0. The normalized spacial score (nSPS) is 17.2. The molecule has 0 bridgehead atoms. The molecule has 2 N–H and O–H groups in total. The maximum Gasteiger partial charge on any atom is 0.227 e. The fourth-order valence-corrected chi connectivity index (χ4v) is 3.20. The van der Waals surface area contributed by atoms with Crippen molar-refractivity contribution in [3.05, 3.63) is 65.2 Å². The van der Waals surface area contributed by atoms with Gasteiger partial charge in [0.2, 0.25) is 11.8 Å². The molecule has 0 aromatic heterocycles. The molecule has 136 valence electrons. The van der Waals surface area contributed by atoms with Gasteiger partial charge in [-0.25, -0.2) is 8.78 Å². The molecule has 2 aromatic carbocycles. The zero-order valence-corrected chi connectivity index (χ0v) is 14.4. The van der Waals surface area contributed by atoms with E-state index in [9.17, 15) is 18.4 Å². The summed E-state index contributed by atoms with van der Waals surface area (Å²) < 4.78 is 26.8. The summed E-state index contributed by atoms with van der Waals surface area (Å²) in [6.45, 7) is 1.64. The summed E-state index contributed by atoms with van der Waals surface area (Å²) in [7, 11) is 0. The molecule has 1 aliphatic heterocycles. The molecule has 0 aliphatic carbocycles. The van der Waals surface area contributed by atoms with E-state index < -0.39 is 17.7 Å². The number of benzene rings is 2. The number of anilines is 1. The highest BCUT2D eigenvalue weighted by Gasteiger charge is 2.26. The molecule has 0 unspecified atom stereocenters. The Morgan fingerprint density at radius 3 is 2.81 bits per heavy atom. The van der Waals surface area contributed by atoms with Crippen LogP contribution < -0.4 is 10.6 Å². The number of fused-ring (bicyclic) bond motifs is 1. The Hall–Kier alpha value is -2.76. The summed E-state index contributed by atoms with van der Waals surface area (Å²) in [6, 6.07) is 10.3. The minimum atomic E-state index is -0.693. The molecule has 6 heteroatoms. The third-order valence-electron chi connectivity index (χ3n) is 4.64. The van der Waals surface area contributed by atoms with Crippen LogP contribution in [0.2, 0.25) is 0 Å². The van der Waals surface area contributed by atoms with Crippen molar-refractivity contribution in [2.24, 2.45) is 5.92 Å². The third kappa shape index (κ3) is 4.07. The first-order valence-electron chi connectivity index (χ1n) is 8.57. The van der Waals surface area contributed by atoms with Crippen LogP contribution in [0.1, 0.15) is 36.9 Å². The number of carbonyl (C=O) groups excluding carboxylic acids is 2. The molecule has 0 saturated heterocycles. The molecule has 1 heterocycles. The number of hydrogen-bond acceptors (Lipinski definition) is 2. The highest BCUT2D eigenvalue weighted by Crippen LogP contribution is 2.27. The van der Waals surface area contributed by atoms with Crippen LogP contribution in [-0.2, 0) is 16.0 Å². The van der Waals surface area contributed by atoms with Crippen molar-refractivity contribution in [3.63, 3.8) is 0 Å². The van der Waals surface area contributed by atoms with Crippen molar-refractivity contribution in [1.29, 1.82) is 0 Å². The predicted octanol–water partition coefficient (Wildman–Crippen LogP) is 3.73. The second-order valence-corrected chi connectivity index (χ2v) is 6.54. The zero-order chi connectivity index (χ0) is 18.7. The van der Waals surface area contributed by atoms with Crippen LogP contribution >= 0.6 is 0 Å². The highest BCUT2D eigenvalue weighted by molar-refractivity contribution is 5.96. The molecule has 4 nitrogen and oxygen atoms in total. The quantitative estimate of drug-likeness (QED) is 0.856. The number of para-hydroxylation sites is 1. The van der Waals surface area contributed by atoms with Crippen molar-refractivity contribution in [2.75, 3.05) is 5.32 Å². The van der Waals surface area contributed by atoms with E-state index in [0.29, 0.717) is 12.8 Å². The topological polar surface area (TPSA) is 58.2 Å². The van der Waals surface area contributed by atoms with E-state index in [1.54, 1.807) is 6.92 Å². The van der Waals surface area contributed by atoms with Gasteiger partial charge in [-0.2, -0.15) is 0 Å². The van der Waals surface area contributed by atoms with Crippen LogP contribution in [0.5, 0.6) is 0 Å². The van der Waals surface area contributed by atoms with Gasteiger partial charge in [-0.15, -0.1) is 0 Å². The van der Waals surface area contributed by atoms with E-state index in [0.717, 1.165) is 23.4 Å². The molecule has 0 saturated carbocycles. The van der Waals surface area contributed by atoms with Crippen LogP contribution in [-0.4, -0.2) is 11.8 Å². The van der Waals surface area contributed by atoms with E-state index >= 15 is 0 Å². The van der Waals surface area contributed by atoms with Gasteiger partial charge in [0.05, 0.1) is 6.04 Å². The number of nitrogens with one attached hydrogen (secondary N) is 2. The number of halogens is 2. The maximum atomic E-state index is 13.8. The van der Waals surface area contributed by atoms with Crippen molar-refractivity contribution in [3.8, 4) is 0 Å². The number of hydrogen-bond donors (Lipinski definition) is 2. The molecule has 26 heavy (non-hydrogen) atoms. The summed E-state index contributed by atoms with van der Waals surface area (Å²) in [5.41, 5.74) is 2.10. The first kappa shape index (κ1) is 18.0. The Morgan fingerprint density at radius 1 is 1.27 bits per heavy atom. The van der Waals surface area contributed by atoms with E-state index in [2.05, 4.69) is 10.6 Å². The average Bonchev–Trinajstić information content (AvgIpc) is 2.59. The lowest BCUT2D eigenvalue weighted by Gasteiger charge is -2.24. The van der Waals surface area contributed by atoms with Gasteiger partial charge in [-0.1, -0.05) is 24.3 Å². The molecule has 0 radical (unpaired) electrons. The Morgan fingerprint density at radius 2 is 2.04 bits per heavy atom. The van der Waals surface area contributed by atoms with Crippen LogP contribution in [0.4, 0.5) is 14.5 Å². The van der Waals surface area contributed by atoms with Gasteiger partial charge < -0.3 is 10.6 Å². The molecule has 1 aliphatic rings. The fraction of sp³-hybridized carbons (Fsp3) is 0.300. The Kier molecular flexibility index (Phi) is 5.30. The van der Waals surface area contributed by atoms with Crippen LogP contribution in [0.3, 0.4) is 0 Å². The number of carbonyl (C=O) groups is 2. The SMILES string of the molecule is C[C@@H](NC(=O)CC[C@H]1Cc2ccccc2NC1=O)c1ccc(F)cc1F. The molecule has 2 atom stereocenters. The van der Waals surface area contributed by atoms with Crippen molar-refractivity contribution in [1.82, 2.24) is 5.32 Å². The Balaban J connectivity index is 1.55. The van der Waals surface area contributed by atoms with Gasteiger partial charge in [0, 0.05) is 29.7 Å². The van der Waals surface area contributed by atoms with E-state index in [1.165, 1.54) is 6.07 Å². The lowest BCUT2D eigenvalue weighted by Crippen LogP contribution is -2.32. The minimum Gasteiger partial charge on any atom is -0.349 e. The van der Waals surface area contributed by atoms with E-state index in [1.807, 2.05) is 24.3 Å². The molecule has 3 rings (SSSR count). The van der Waals surface area contributed by atoms with Crippen LogP contribution in [0.15, 0.2) is 42.5 Å². The Labute approximate surface area is 150 Å². The number of amides is 2. The van der Waals surface area contributed by atoms with E-state index in [-0.39, 0.29) is 29.7 Å². The van der Waals surface area contributed by atoms with Crippen molar-refractivity contribution >= 4 is 17.5 Å². The lowest BCUT2D eigenvalue weighted by molar-refractivity contribution is -0.123. The summed E-state index contributed by atoms with van der Waals surface area (Å²) in [5, 5.41) is 5.55. The second-order valence-electron chi connectivity index (χ2n) is 6.54. The Bertz CT molecular complexity index is 838. The highest BCUT2D eigenvalue weighted by atomic mass is 19.1. The van der Waals surface area contributed by atoms with Crippen LogP contribution in [0, 0.1) is 17.6 Å². The van der Waals surface area contributed by atoms with Gasteiger partial charge in [0.25, 0.3) is 0 Å². The maximum absolute atomic E-state index is 13.8. The summed E-state index contributed by atoms with van der Waals surface area (Å²) in [6.07, 6.45) is 1.16. The molecular formula is C20H20F2N2O2. The van der Waals surface area contributed by atoms with Gasteiger partial charge in [-0.05, 0) is 37.5 Å². The molecule has 0 spiro atoms. The molecule has 2 aromatic rings. The number of rotatable bonds is 5. The largest absolute Gasteiger partial charge is 0.349 e. The van der Waals surface area contributed by atoms with Gasteiger partial charge in [0.1, 0.15) is 11.6 Å². The first-order chi connectivity index (χ1) is 12.4. The first-order valence-corrected chi connectivity index (χ1v) is 8.57. The minimum absolute atomic E-state index is 0.0888. The predicted molar refractivity (Wildman–Crippen MR) is 94.4 cm³/mol. The average molecular weight is 358 g/mol. The zero-order valence-electron chi connectivity index (χ0n) is 14.4. The van der Waals surface area contributed by atoms with Gasteiger partial charge in [-0.3, -0.25) is 9.59 Å². The van der Waals surface area contributed by atoms with Gasteiger partial charge >= 0.3 is 0 Å². The molecular weight excluding hydrogens is 338 g/mol. The fourth-order valence-electron chi connectivity index (χ4n) is 3.20. The standard InChI is InChI=1S/C20H20F2N2O2/c1-12(16-8-7-15(21)11-17(16)22)23-19(25)9-6-14-10-13-4-2-3-5-18(13)24-20(14)26/h2-5,7-8,11-12,14H,6,9-10H2,1H3,(H,23,25)(H,24,26)/t12-,14+/m1/s1. The lowest BCUT2D eigenvalue weighted by atomic mass is 9.89.